The molecule has 0 N–H and O–H groups in total. The molecule has 6 nitrogen and oxygen atoms in total. The molecule has 1 fully saturated rings. The molecule has 1 aliphatic rings. The molecule has 1 aliphatic heterocycles. The lowest BCUT2D eigenvalue weighted by atomic mass is 10.2. The number of hydrogen-bond donors (Lipinski definition) is 0. The largest absolute Gasteiger partial charge is 0.336 e. The van der Waals surface area contributed by atoms with Gasteiger partial charge in [0.05, 0.1) is 5.75 Å². The molecule has 0 spiro atoms. The second-order valence-corrected chi connectivity index (χ2v) is 8.14. The minimum absolute atomic E-state index is 0.00696. The van der Waals surface area contributed by atoms with Crippen molar-refractivity contribution in [3.8, 4) is 0 Å². The maximum Gasteiger partial charge on any atom is 0.254 e. The summed E-state index contributed by atoms with van der Waals surface area (Å²) in [7, 11) is -3.38. The van der Waals surface area contributed by atoms with Crippen molar-refractivity contribution >= 4 is 15.9 Å². The van der Waals surface area contributed by atoms with Crippen LogP contribution in [0.25, 0.3) is 0 Å². The maximum absolute atomic E-state index is 12.6. The van der Waals surface area contributed by atoms with Gasteiger partial charge >= 0.3 is 0 Å². The van der Waals surface area contributed by atoms with E-state index in [1.54, 1.807) is 29.4 Å². The minimum atomic E-state index is -3.38. The van der Waals surface area contributed by atoms with Crippen LogP contribution in [-0.2, 0) is 15.8 Å². The van der Waals surface area contributed by atoms with Gasteiger partial charge in [0.25, 0.3) is 5.91 Å². The molecule has 2 heterocycles. The van der Waals surface area contributed by atoms with E-state index in [4.69, 9.17) is 0 Å². The monoisotopic (exact) mass is 359 g/mol. The number of sulfonamides is 1. The Kier molecular flexibility index (Phi) is 5.15. The lowest BCUT2D eigenvalue weighted by Gasteiger charge is -2.34. The molecule has 25 heavy (non-hydrogen) atoms. The zero-order valence-corrected chi connectivity index (χ0v) is 14.9. The molecule has 0 saturated carbocycles. The normalized spacial score (nSPS) is 16.0. The molecule has 132 valence electrons. The highest BCUT2D eigenvalue weighted by Gasteiger charge is 2.29. The number of aromatic nitrogens is 1. The van der Waals surface area contributed by atoms with Gasteiger partial charge in [0.1, 0.15) is 0 Å². The summed E-state index contributed by atoms with van der Waals surface area (Å²) in [4.78, 5) is 18.0. The topological polar surface area (TPSA) is 70.6 Å². The molecule has 3 rings (SSSR count). The lowest BCUT2D eigenvalue weighted by molar-refractivity contribution is 0.0697. The van der Waals surface area contributed by atoms with E-state index in [-0.39, 0.29) is 11.7 Å². The van der Waals surface area contributed by atoms with Crippen LogP contribution < -0.4 is 0 Å². The van der Waals surface area contributed by atoms with Crippen LogP contribution in [0.3, 0.4) is 0 Å². The molecule has 0 unspecified atom stereocenters. The van der Waals surface area contributed by atoms with Crippen LogP contribution in [0.1, 0.15) is 21.5 Å². The minimum Gasteiger partial charge on any atom is -0.336 e. The molecule has 0 aliphatic carbocycles. The highest BCUT2D eigenvalue weighted by molar-refractivity contribution is 7.88. The van der Waals surface area contributed by atoms with E-state index in [0.29, 0.717) is 31.7 Å². The van der Waals surface area contributed by atoms with Crippen LogP contribution in [0.4, 0.5) is 0 Å². The molecule has 0 radical (unpaired) electrons. The van der Waals surface area contributed by atoms with Gasteiger partial charge in [-0.25, -0.2) is 8.42 Å². The number of rotatable bonds is 4. The Morgan fingerprint density at radius 3 is 2.40 bits per heavy atom. The highest BCUT2D eigenvalue weighted by Crippen LogP contribution is 2.16. The summed E-state index contributed by atoms with van der Waals surface area (Å²) in [6, 6.07) is 10.9. The summed E-state index contributed by atoms with van der Waals surface area (Å²) < 4.78 is 26.7. The number of benzene rings is 1. The van der Waals surface area contributed by atoms with Crippen molar-refractivity contribution in [1.82, 2.24) is 14.2 Å². The predicted molar refractivity (Wildman–Crippen MR) is 95.5 cm³/mol. The van der Waals surface area contributed by atoms with Crippen LogP contribution in [-0.4, -0.2) is 54.7 Å². The molecular formula is C18H21N3O3S. The molecular weight excluding hydrogens is 338 g/mol. The van der Waals surface area contributed by atoms with Gasteiger partial charge in [-0.15, -0.1) is 0 Å². The van der Waals surface area contributed by atoms with Crippen molar-refractivity contribution in [2.45, 2.75) is 12.7 Å². The lowest BCUT2D eigenvalue weighted by Crippen LogP contribution is -2.50. The number of amides is 1. The first kappa shape index (κ1) is 17.6. The van der Waals surface area contributed by atoms with Gasteiger partial charge in [0.2, 0.25) is 10.0 Å². The van der Waals surface area contributed by atoms with Crippen LogP contribution in [0.15, 0.2) is 48.8 Å². The summed E-state index contributed by atoms with van der Waals surface area (Å²) in [6.45, 7) is 3.39. The number of piperazine rings is 1. The fourth-order valence-electron chi connectivity index (χ4n) is 2.95. The fraction of sp³-hybridized carbons (Fsp3) is 0.333. The summed E-state index contributed by atoms with van der Waals surface area (Å²) in [6.07, 6.45) is 3.16. The second-order valence-electron chi connectivity index (χ2n) is 6.17. The van der Waals surface area contributed by atoms with Gasteiger partial charge in [0.15, 0.2) is 0 Å². The Labute approximate surface area is 148 Å². The zero-order valence-electron chi connectivity index (χ0n) is 14.1. The molecule has 0 atom stereocenters. The van der Waals surface area contributed by atoms with Crippen LogP contribution >= 0.6 is 0 Å². The van der Waals surface area contributed by atoms with E-state index in [1.165, 1.54) is 4.31 Å². The van der Waals surface area contributed by atoms with Crippen molar-refractivity contribution < 1.29 is 13.2 Å². The van der Waals surface area contributed by atoms with E-state index >= 15 is 0 Å². The Morgan fingerprint density at radius 1 is 1.08 bits per heavy atom. The third-order valence-corrected chi connectivity index (χ3v) is 6.13. The van der Waals surface area contributed by atoms with E-state index in [9.17, 15) is 13.2 Å². The van der Waals surface area contributed by atoms with Gasteiger partial charge < -0.3 is 4.90 Å². The maximum atomic E-state index is 12.6. The smallest absolute Gasteiger partial charge is 0.254 e. The first-order chi connectivity index (χ1) is 12.0. The van der Waals surface area contributed by atoms with Gasteiger partial charge in [-0.1, -0.05) is 29.8 Å². The third-order valence-electron chi connectivity index (χ3n) is 4.28. The number of aryl methyl sites for hydroxylation is 1. The molecule has 2 aromatic rings. The van der Waals surface area contributed by atoms with E-state index in [1.807, 2.05) is 31.2 Å². The third kappa shape index (κ3) is 4.24. The highest BCUT2D eigenvalue weighted by atomic mass is 32.2. The summed E-state index contributed by atoms with van der Waals surface area (Å²) in [5, 5.41) is 0. The number of carbonyl (C=O) groups excluding carboxylic acids is 1. The Bertz CT molecular complexity index is 845. The van der Waals surface area contributed by atoms with E-state index in [2.05, 4.69) is 4.98 Å². The summed E-state index contributed by atoms with van der Waals surface area (Å²) >= 11 is 0. The Hall–Kier alpha value is -2.25. The van der Waals surface area contributed by atoms with E-state index in [0.717, 1.165) is 11.1 Å². The Morgan fingerprint density at radius 2 is 1.76 bits per heavy atom. The van der Waals surface area contributed by atoms with Crippen molar-refractivity contribution in [1.29, 1.82) is 0 Å². The van der Waals surface area contributed by atoms with Crippen molar-refractivity contribution in [2.24, 2.45) is 0 Å². The quantitative estimate of drug-likeness (QED) is 0.833. The zero-order chi connectivity index (χ0) is 17.9. The number of carbonyl (C=O) groups is 1. The number of pyridine rings is 1. The van der Waals surface area contributed by atoms with Gasteiger partial charge in [-0.3, -0.25) is 9.78 Å². The van der Waals surface area contributed by atoms with Gasteiger partial charge in [-0.2, -0.15) is 4.31 Å². The standard InChI is InChI=1S/C18H21N3O3S/c1-15-3-2-4-16(13-15)14-25(23,24)21-11-9-20(10-12-21)18(22)17-5-7-19-8-6-17/h2-8,13H,9-12,14H2,1H3. The van der Waals surface area contributed by atoms with Crippen molar-refractivity contribution in [3.05, 3.63) is 65.5 Å². The number of hydrogen-bond acceptors (Lipinski definition) is 4. The second kappa shape index (κ2) is 7.33. The number of nitrogens with zero attached hydrogens (tertiary/aromatic N) is 3. The van der Waals surface area contributed by atoms with Gasteiger partial charge in [0, 0.05) is 44.1 Å². The van der Waals surface area contributed by atoms with Crippen molar-refractivity contribution in [2.75, 3.05) is 26.2 Å². The Balaban J connectivity index is 1.62. The fourth-order valence-corrected chi connectivity index (χ4v) is 4.45. The molecule has 1 aromatic carbocycles. The molecule has 1 amide bonds. The molecule has 1 aromatic heterocycles. The SMILES string of the molecule is Cc1cccc(CS(=O)(=O)N2CCN(C(=O)c3ccncc3)CC2)c1. The van der Waals surface area contributed by atoms with Crippen LogP contribution in [0.2, 0.25) is 0 Å². The van der Waals surface area contributed by atoms with Crippen molar-refractivity contribution in [3.63, 3.8) is 0 Å². The predicted octanol–water partition coefficient (Wildman–Crippen LogP) is 1.68. The van der Waals surface area contributed by atoms with E-state index < -0.39 is 10.0 Å². The molecule has 1 saturated heterocycles. The first-order valence-electron chi connectivity index (χ1n) is 8.18. The summed E-state index contributed by atoms with van der Waals surface area (Å²) in [5.41, 5.74) is 2.40. The van der Waals surface area contributed by atoms with Crippen LogP contribution in [0.5, 0.6) is 0 Å². The van der Waals surface area contributed by atoms with Gasteiger partial charge in [-0.05, 0) is 24.6 Å². The molecule has 0 bridgehead atoms. The molecule has 7 heteroatoms. The average molecular weight is 359 g/mol. The van der Waals surface area contributed by atoms with Crippen LogP contribution in [0, 0.1) is 6.92 Å². The first-order valence-corrected chi connectivity index (χ1v) is 9.79. The summed E-state index contributed by atoms with van der Waals surface area (Å²) in [5.74, 6) is -0.0920. The average Bonchev–Trinajstić information content (AvgIpc) is 2.61.